The lowest BCUT2D eigenvalue weighted by atomic mass is 9.72. The van der Waals surface area contributed by atoms with Gasteiger partial charge in [0.05, 0.1) is 5.39 Å². The molecule has 0 spiro atoms. The predicted octanol–water partition coefficient (Wildman–Crippen LogP) is 2.22. The molecule has 4 atom stereocenters. The maximum absolute atomic E-state index is 12.6. The molecule has 6 nitrogen and oxygen atoms in total. The van der Waals surface area contributed by atoms with E-state index in [-0.39, 0.29) is 35.1 Å². The van der Waals surface area contributed by atoms with Crippen molar-refractivity contribution in [3.63, 3.8) is 0 Å². The molecule has 1 aliphatic heterocycles. The Hall–Kier alpha value is -2.63. The second-order valence-electron chi connectivity index (χ2n) is 7.47. The molecule has 26 heavy (non-hydrogen) atoms. The minimum Gasteiger partial charge on any atom is -0.451 e. The molecule has 6 heteroatoms. The Morgan fingerprint density at radius 2 is 2.04 bits per heavy atom. The summed E-state index contributed by atoms with van der Waals surface area (Å²) in [5.41, 5.74) is 0.177. The summed E-state index contributed by atoms with van der Waals surface area (Å²) in [5, 5.41) is 6.49. The summed E-state index contributed by atoms with van der Waals surface area (Å²) in [6.45, 7) is 2.12. The van der Waals surface area contributed by atoms with E-state index in [9.17, 15) is 14.4 Å². The molecule has 2 heterocycles. The quantitative estimate of drug-likeness (QED) is 0.865. The molecule has 1 aromatic carbocycles. The van der Waals surface area contributed by atoms with Crippen LogP contribution in [0.15, 0.2) is 39.5 Å². The first-order chi connectivity index (χ1) is 12.5. The highest BCUT2D eigenvalue weighted by Gasteiger charge is 2.39. The average molecular weight is 354 g/mol. The fourth-order valence-electron chi connectivity index (χ4n) is 4.35. The van der Waals surface area contributed by atoms with Gasteiger partial charge in [0.15, 0.2) is 11.2 Å². The van der Waals surface area contributed by atoms with Crippen LogP contribution < -0.4 is 16.1 Å². The first-order valence-corrected chi connectivity index (χ1v) is 9.14. The van der Waals surface area contributed by atoms with Gasteiger partial charge in [-0.15, -0.1) is 0 Å². The van der Waals surface area contributed by atoms with Crippen molar-refractivity contribution in [3.05, 3.63) is 46.3 Å². The fourth-order valence-corrected chi connectivity index (χ4v) is 4.35. The van der Waals surface area contributed by atoms with E-state index in [0.717, 1.165) is 12.8 Å². The van der Waals surface area contributed by atoms with Crippen LogP contribution in [0.1, 0.15) is 43.2 Å². The zero-order chi connectivity index (χ0) is 18.3. The number of hydrogen-bond acceptors (Lipinski definition) is 4. The SMILES string of the molecule is CC1CC(=O)NC2CC(NC(=O)c3cc(=O)c4ccccc4o3)CCC12. The van der Waals surface area contributed by atoms with Gasteiger partial charge in [-0.05, 0) is 43.2 Å². The molecule has 1 saturated carbocycles. The van der Waals surface area contributed by atoms with Gasteiger partial charge in [-0.3, -0.25) is 14.4 Å². The molecule has 2 N–H and O–H groups in total. The second-order valence-corrected chi connectivity index (χ2v) is 7.47. The number of hydrogen-bond donors (Lipinski definition) is 2. The number of rotatable bonds is 2. The summed E-state index contributed by atoms with van der Waals surface area (Å²) >= 11 is 0. The van der Waals surface area contributed by atoms with Gasteiger partial charge in [0.2, 0.25) is 5.91 Å². The number of benzene rings is 1. The number of fused-ring (bicyclic) bond motifs is 2. The minimum atomic E-state index is -0.383. The van der Waals surface area contributed by atoms with Gasteiger partial charge >= 0.3 is 0 Å². The lowest BCUT2D eigenvalue weighted by Crippen LogP contribution is -2.54. The first kappa shape index (κ1) is 16.8. The minimum absolute atomic E-state index is 0.0249. The smallest absolute Gasteiger partial charge is 0.287 e. The van der Waals surface area contributed by atoms with Gasteiger partial charge < -0.3 is 15.1 Å². The summed E-state index contributed by atoms with van der Waals surface area (Å²) in [6, 6.07) is 8.20. The molecule has 1 aromatic heterocycles. The Balaban J connectivity index is 1.49. The number of nitrogens with one attached hydrogen (secondary N) is 2. The van der Waals surface area contributed by atoms with E-state index in [0.29, 0.717) is 35.6 Å². The highest BCUT2D eigenvalue weighted by molar-refractivity contribution is 5.93. The van der Waals surface area contributed by atoms with E-state index in [1.165, 1.54) is 6.07 Å². The van der Waals surface area contributed by atoms with Crippen LogP contribution in [-0.4, -0.2) is 23.9 Å². The van der Waals surface area contributed by atoms with Gasteiger partial charge in [0.25, 0.3) is 5.91 Å². The monoisotopic (exact) mass is 354 g/mol. The Bertz CT molecular complexity index is 919. The van der Waals surface area contributed by atoms with Crippen LogP contribution in [0.4, 0.5) is 0 Å². The molecule has 2 aliphatic rings. The van der Waals surface area contributed by atoms with Gasteiger partial charge in [0, 0.05) is 24.6 Å². The van der Waals surface area contributed by atoms with E-state index in [2.05, 4.69) is 17.6 Å². The highest BCUT2D eigenvalue weighted by Crippen LogP contribution is 2.35. The Morgan fingerprint density at radius 1 is 1.23 bits per heavy atom. The molecule has 2 fully saturated rings. The fraction of sp³-hybridized carbons (Fsp3) is 0.450. The van der Waals surface area contributed by atoms with Crippen LogP contribution >= 0.6 is 0 Å². The zero-order valence-electron chi connectivity index (χ0n) is 14.7. The number of carbonyl (C=O) groups excluding carboxylic acids is 2. The largest absolute Gasteiger partial charge is 0.451 e. The summed E-state index contributed by atoms with van der Waals surface area (Å²) in [4.78, 5) is 36.5. The molecular formula is C20H22N2O4. The van der Waals surface area contributed by atoms with Crippen molar-refractivity contribution in [2.75, 3.05) is 0 Å². The van der Waals surface area contributed by atoms with Gasteiger partial charge in [-0.1, -0.05) is 19.1 Å². The van der Waals surface area contributed by atoms with Gasteiger partial charge in [0.1, 0.15) is 5.58 Å². The molecule has 1 aliphatic carbocycles. The van der Waals surface area contributed by atoms with E-state index in [4.69, 9.17) is 4.42 Å². The zero-order valence-corrected chi connectivity index (χ0v) is 14.7. The van der Waals surface area contributed by atoms with E-state index in [1.54, 1.807) is 24.3 Å². The van der Waals surface area contributed by atoms with Crippen LogP contribution in [0, 0.1) is 11.8 Å². The Morgan fingerprint density at radius 3 is 2.88 bits per heavy atom. The standard InChI is InChI=1S/C20H22N2O4/c1-11-8-19(24)22-15-9-12(6-7-13(11)15)21-20(25)18-10-16(23)14-4-2-3-5-17(14)26-18/h2-5,10-13,15H,6-9H2,1H3,(H,21,25)(H,22,24). The molecule has 4 rings (SSSR count). The lowest BCUT2D eigenvalue weighted by molar-refractivity contribution is -0.126. The number of piperidine rings is 1. The highest BCUT2D eigenvalue weighted by atomic mass is 16.3. The van der Waals surface area contributed by atoms with Crippen molar-refractivity contribution >= 4 is 22.8 Å². The maximum Gasteiger partial charge on any atom is 0.287 e. The third-order valence-corrected chi connectivity index (χ3v) is 5.68. The lowest BCUT2D eigenvalue weighted by Gasteiger charge is -2.43. The molecule has 1 saturated heterocycles. The van der Waals surface area contributed by atoms with Crippen LogP contribution in [0.25, 0.3) is 11.0 Å². The van der Waals surface area contributed by atoms with Crippen LogP contribution in [0.5, 0.6) is 0 Å². The maximum atomic E-state index is 12.6. The average Bonchev–Trinajstić information content (AvgIpc) is 2.61. The molecule has 0 bridgehead atoms. The molecule has 4 unspecified atom stereocenters. The van der Waals surface area contributed by atoms with Gasteiger partial charge in [-0.25, -0.2) is 0 Å². The van der Waals surface area contributed by atoms with Crippen molar-refractivity contribution in [1.82, 2.24) is 10.6 Å². The predicted molar refractivity (Wildman–Crippen MR) is 96.8 cm³/mol. The van der Waals surface area contributed by atoms with Crippen molar-refractivity contribution in [1.29, 1.82) is 0 Å². The van der Waals surface area contributed by atoms with Crippen molar-refractivity contribution in [2.45, 2.75) is 44.7 Å². The summed E-state index contributed by atoms with van der Waals surface area (Å²) in [5.74, 6) is 0.581. The third kappa shape index (κ3) is 3.11. The number of carbonyl (C=O) groups is 2. The normalized spacial score (nSPS) is 28.3. The third-order valence-electron chi connectivity index (χ3n) is 5.68. The second kappa shape index (κ2) is 6.59. The first-order valence-electron chi connectivity index (χ1n) is 9.14. The van der Waals surface area contributed by atoms with Crippen LogP contribution in [0.2, 0.25) is 0 Å². The van der Waals surface area contributed by atoms with Gasteiger partial charge in [-0.2, -0.15) is 0 Å². The number of amides is 2. The van der Waals surface area contributed by atoms with Crippen LogP contribution in [-0.2, 0) is 4.79 Å². The van der Waals surface area contributed by atoms with E-state index >= 15 is 0 Å². The Labute approximate surface area is 151 Å². The van der Waals surface area contributed by atoms with E-state index in [1.807, 2.05) is 0 Å². The van der Waals surface area contributed by atoms with E-state index < -0.39 is 0 Å². The van der Waals surface area contributed by atoms with Crippen molar-refractivity contribution in [2.24, 2.45) is 11.8 Å². The summed E-state index contributed by atoms with van der Waals surface area (Å²) in [6.07, 6.45) is 3.13. The Kier molecular flexibility index (Phi) is 4.26. The summed E-state index contributed by atoms with van der Waals surface area (Å²) < 4.78 is 5.60. The molecular weight excluding hydrogens is 332 g/mol. The number of para-hydroxylation sites is 1. The van der Waals surface area contributed by atoms with Crippen molar-refractivity contribution in [3.8, 4) is 0 Å². The molecule has 2 aromatic rings. The van der Waals surface area contributed by atoms with Crippen molar-refractivity contribution < 1.29 is 14.0 Å². The van der Waals surface area contributed by atoms with Crippen LogP contribution in [0.3, 0.4) is 0 Å². The summed E-state index contributed by atoms with van der Waals surface area (Å²) in [7, 11) is 0. The molecule has 0 radical (unpaired) electrons. The topological polar surface area (TPSA) is 88.4 Å². The molecule has 2 amide bonds. The molecule has 136 valence electrons.